The Morgan fingerprint density at radius 3 is 2.61 bits per heavy atom. The minimum atomic E-state index is 0.737. The van der Waals surface area contributed by atoms with Crippen LogP contribution in [0.4, 0.5) is 5.69 Å². The van der Waals surface area contributed by atoms with E-state index in [1.54, 1.807) is 0 Å². The van der Waals surface area contributed by atoms with Crippen molar-refractivity contribution in [3.8, 4) is 0 Å². The summed E-state index contributed by atoms with van der Waals surface area (Å²) in [5, 5.41) is 4.14. The highest BCUT2D eigenvalue weighted by atomic mass is 79.9. The molecule has 0 radical (unpaired) electrons. The highest BCUT2D eigenvalue weighted by Crippen LogP contribution is 2.26. The second-order valence-electron chi connectivity index (χ2n) is 4.41. The molecule has 1 N–H and O–H groups in total. The van der Waals surface area contributed by atoms with Gasteiger partial charge < -0.3 is 5.32 Å². The van der Waals surface area contributed by atoms with E-state index in [0.717, 1.165) is 21.7 Å². The van der Waals surface area contributed by atoms with Gasteiger partial charge in [0.1, 0.15) is 0 Å². The van der Waals surface area contributed by atoms with Crippen LogP contribution in [-0.2, 0) is 6.54 Å². The molecule has 0 saturated heterocycles. The number of anilines is 1. The van der Waals surface area contributed by atoms with Crippen molar-refractivity contribution in [1.29, 1.82) is 0 Å². The lowest BCUT2D eigenvalue weighted by molar-refractivity contribution is 1.11. The summed E-state index contributed by atoms with van der Waals surface area (Å²) in [4.78, 5) is 0. The summed E-state index contributed by atoms with van der Waals surface area (Å²) in [6, 6.07) is 12.2. The van der Waals surface area contributed by atoms with Gasteiger partial charge in [-0.1, -0.05) is 35.4 Å². The lowest BCUT2D eigenvalue weighted by Crippen LogP contribution is -2.02. The number of halogens is 2. The topological polar surface area (TPSA) is 12.0 Å². The molecule has 0 atom stereocenters. The Labute approximate surface area is 121 Å². The molecule has 2 aromatic rings. The van der Waals surface area contributed by atoms with Crippen molar-refractivity contribution in [3.05, 3.63) is 62.6 Å². The molecule has 0 unspecified atom stereocenters. The third kappa shape index (κ3) is 3.27. The zero-order valence-corrected chi connectivity index (χ0v) is 12.8. The van der Waals surface area contributed by atoms with Crippen molar-refractivity contribution in [3.63, 3.8) is 0 Å². The van der Waals surface area contributed by atoms with Crippen LogP contribution in [-0.4, -0.2) is 0 Å². The van der Waals surface area contributed by atoms with Crippen LogP contribution in [0.3, 0.4) is 0 Å². The van der Waals surface area contributed by atoms with Crippen LogP contribution in [0.25, 0.3) is 0 Å². The molecular formula is C15H15BrClN. The molecule has 2 aromatic carbocycles. The fraction of sp³-hybridized carbons (Fsp3) is 0.200. The summed E-state index contributed by atoms with van der Waals surface area (Å²) in [5.74, 6) is 0. The molecule has 0 saturated carbocycles. The normalized spacial score (nSPS) is 10.4. The van der Waals surface area contributed by atoms with E-state index in [1.807, 2.05) is 18.2 Å². The SMILES string of the molecule is Cc1ccc(CNc2cc(Cl)ccc2Br)c(C)c1. The molecule has 0 amide bonds. The van der Waals surface area contributed by atoms with Crippen LogP contribution in [0.1, 0.15) is 16.7 Å². The zero-order valence-electron chi connectivity index (χ0n) is 10.4. The number of hydrogen-bond donors (Lipinski definition) is 1. The molecule has 3 heteroatoms. The third-order valence-electron chi connectivity index (χ3n) is 2.90. The van der Waals surface area contributed by atoms with E-state index in [2.05, 4.69) is 53.3 Å². The number of nitrogens with one attached hydrogen (secondary N) is 1. The highest BCUT2D eigenvalue weighted by Gasteiger charge is 2.02. The first-order chi connectivity index (χ1) is 8.56. The van der Waals surface area contributed by atoms with Gasteiger partial charge in [0.05, 0.1) is 5.69 Å². The van der Waals surface area contributed by atoms with E-state index in [0.29, 0.717) is 0 Å². The second kappa shape index (κ2) is 5.77. The Hall–Kier alpha value is -0.990. The van der Waals surface area contributed by atoms with Gasteiger partial charge in [-0.25, -0.2) is 0 Å². The van der Waals surface area contributed by atoms with Gasteiger partial charge in [0.2, 0.25) is 0 Å². The predicted molar refractivity (Wildman–Crippen MR) is 82.4 cm³/mol. The highest BCUT2D eigenvalue weighted by molar-refractivity contribution is 9.10. The van der Waals surface area contributed by atoms with Gasteiger partial charge in [0.15, 0.2) is 0 Å². The molecule has 1 nitrogen and oxygen atoms in total. The molecule has 0 aliphatic heterocycles. The largest absolute Gasteiger partial charge is 0.380 e. The maximum atomic E-state index is 5.99. The summed E-state index contributed by atoms with van der Waals surface area (Å²) in [5.41, 5.74) is 4.91. The minimum Gasteiger partial charge on any atom is -0.380 e. The molecule has 0 bridgehead atoms. The molecule has 0 heterocycles. The Balaban J connectivity index is 2.13. The summed E-state index contributed by atoms with van der Waals surface area (Å²) in [7, 11) is 0. The number of aryl methyl sites for hydroxylation is 2. The first-order valence-corrected chi connectivity index (χ1v) is 6.98. The molecule has 0 aromatic heterocycles. The van der Waals surface area contributed by atoms with Gasteiger partial charge in [-0.3, -0.25) is 0 Å². The van der Waals surface area contributed by atoms with E-state index in [4.69, 9.17) is 11.6 Å². The molecule has 0 aliphatic rings. The van der Waals surface area contributed by atoms with E-state index in [1.165, 1.54) is 16.7 Å². The molecular weight excluding hydrogens is 310 g/mol. The monoisotopic (exact) mass is 323 g/mol. The van der Waals surface area contributed by atoms with Crippen LogP contribution < -0.4 is 5.32 Å². The first-order valence-electron chi connectivity index (χ1n) is 5.81. The Bertz CT molecular complexity index is 566. The summed E-state index contributed by atoms with van der Waals surface area (Å²) >= 11 is 9.50. The van der Waals surface area contributed by atoms with E-state index in [-0.39, 0.29) is 0 Å². The van der Waals surface area contributed by atoms with Crippen molar-refractivity contribution in [2.75, 3.05) is 5.32 Å². The quantitative estimate of drug-likeness (QED) is 0.804. The van der Waals surface area contributed by atoms with Crippen molar-refractivity contribution in [1.82, 2.24) is 0 Å². The van der Waals surface area contributed by atoms with E-state index >= 15 is 0 Å². The lowest BCUT2D eigenvalue weighted by Gasteiger charge is -2.11. The average molecular weight is 325 g/mol. The minimum absolute atomic E-state index is 0.737. The lowest BCUT2D eigenvalue weighted by atomic mass is 10.1. The Morgan fingerprint density at radius 1 is 1.11 bits per heavy atom. The van der Waals surface area contributed by atoms with Gasteiger partial charge in [0, 0.05) is 16.0 Å². The molecule has 0 fully saturated rings. The van der Waals surface area contributed by atoms with Crippen LogP contribution >= 0.6 is 27.5 Å². The fourth-order valence-corrected chi connectivity index (χ4v) is 2.43. The van der Waals surface area contributed by atoms with E-state index < -0.39 is 0 Å². The van der Waals surface area contributed by atoms with E-state index in [9.17, 15) is 0 Å². The Morgan fingerprint density at radius 2 is 1.89 bits per heavy atom. The van der Waals surface area contributed by atoms with Gasteiger partial charge in [0.25, 0.3) is 0 Å². The molecule has 2 rings (SSSR count). The molecule has 0 aliphatic carbocycles. The molecule has 18 heavy (non-hydrogen) atoms. The molecule has 0 spiro atoms. The summed E-state index contributed by atoms with van der Waals surface area (Å²) in [6.07, 6.45) is 0. The maximum absolute atomic E-state index is 5.99. The number of hydrogen-bond acceptors (Lipinski definition) is 1. The maximum Gasteiger partial charge on any atom is 0.0502 e. The third-order valence-corrected chi connectivity index (χ3v) is 3.82. The summed E-state index contributed by atoms with van der Waals surface area (Å²) in [6.45, 7) is 5.04. The van der Waals surface area contributed by atoms with Gasteiger partial charge in [-0.2, -0.15) is 0 Å². The zero-order chi connectivity index (χ0) is 13.1. The van der Waals surface area contributed by atoms with Crippen molar-refractivity contribution in [2.24, 2.45) is 0 Å². The van der Waals surface area contributed by atoms with Crippen molar-refractivity contribution < 1.29 is 0 Å². The average Bonchev–Trinajstić information content (AvgIpc) is 2.32. The first kappa shape index (κ1) is 13.4. The van der Waals surface area contributed by atoms with Gasteiger partial charge in [-0.15, -0.1) is 0 Å². The molecule has 94 valence electrons. The van der Waals surface area contributed by atoms with Gasteiger partial charge >= 0.3 is 0 Å². The number of rotatable bonds is 3. The van der Waals surface area contributed by atoms with Crippen LogP contribution in [0.2, 0.25) is 5.02 Å². The Kier molecular flexibility index (Phi) is 4.31. The van der Waals surface area contributed by atoms with Crippen molar-refractivity contribution >= 4 is 33.2 Å². The predicted octanol–water partition coefficient (Wildman–Crippen LogP) is 5.33. The van der Waals surface area contributed by atoms with Crippen LogP contribution in [0, 0.1) is 13.8 Å². The second-order valence-corrected chi connectivity index (χ2v) is 5.70. The van der Waals surface area contributed by atoms with Crippen LogP contribution in [0.15, 0.2) is 40.9 Å². The van der Waals surface area contributed by atoms with Crippen LogP contribution in [0.5, 0.6) is 0 Å². The smallest absolute Gasteiger partial charge is 0.0502 e. The standard InChI is InChI=1S/C15H15BrClN/c1-10-3-4-12(11(2)7-10)9-18-15-8-13(17)5-6-14(15)16/h3-8,18H,9H2,1-2H3. The van der Waals surface area contributed by atoms with Crippen molar-refractivity contribution in [2.45, 2.75) is 20.4 Å². The summed E-state index contributed by atoms with van der Waals surface area (Å²) < 4.78 is 1.02. The fourth-order valence-electron chi connectivity index (χ4n) is 1.87. The van der Waals surface area contributed by atoms with Gasteiger partial charge in [-0.05, 0) is 59.1 Å². The number of benzene rings is 2.